The second-order valence-electron chi connectivity index (χ2n) is 5.33. The monoisotopic (exact) mass is 296 g/mol. The maximum atomic E-state index is 11.9. The molecule has 0 amide bonds. The van der Waals surface area contributed by atoms with Gasteiger partial charge < -0.3 is 25.2 Å². The number of hydrogen-bond acceptors (Lipinski definition) is 6. The Balaban J connectivity index is 1.80. The van der Waals surface area contributed by atoms with Gasteiger partial charge in [0.25, 0.3) is 0 Å². The van der Waals surface area contributed by atoms with E-state index in [9.17, 15) is 25.2 Å². The lowest BCUT2D eigenvalue weighted by atomic mass is 9.95. The average molecular weight is 296 g/mol. The Hall–Kier alpha value is -1.47. The van der Waals surface area contributed by atoms with Crippen LogP contribution in [0.3, 0.4) is 0 Å². The van der Waals surface area contributed by atoms with Crippen LogP contribution in [0.1, 0.15) is 18.4 Å². The number of aliphatic hydroxyl groups is 3. The number of aromatic hydroxyl groups is 1. The number of phenolic OH excluding ortho intramolecular Hbond substituents is 1. The normalized spacial score (nSPS) is 29.3. The summed E-state index contributed by atoms with van der Waals surface area (Å²) < 4.78 is 5.20. The van der Waals surface area contributed by atoms with E-state index >= 15 is 0 Å². The van der Waals surface area contributed by atoms with Crippen LogP contribution in [-0.2, 0) is 16.0 Å². The molecule has 0 aliphatic carbocycles. The highest BCUT2D eigenvalue weighted by atomic mass is 16.5. The SMILES string of the molecule is O=C(CCc1ccc(O)cc1)CC1OC[C@@H](O)[C@H](O)[C@H]1O. The maximum Gasteiger partial charge on any atom is 0.135 e. The summed E-state index contributed by atoms with van der Waals surface area (Å²) in [5, 5.41) is 37.8. The smallest absolute Gasteiger partial charge is 0.135 e. The van der Waals surface area contributed by atoms with Gasteiger partial charge in [0, 0.05) is 12.8 Å². The number of rotatable bonds is 5. The standard InChI is InChI=1S/C15H20O6/c16-10-4-1-9(2-5-10)3-6-11(17)7-13-15(20)14(19)12(18)8-21-13/h1-2,4-5,12-16,18-20H,3,6-8H2/t12-,13?,14+,15+/m1/s1. The van der Waals surface area contributed by atoms with Crippen molar-refractivity contribution < 1.29 is 30.0 Å². The Labute approximate surface area is 122 Å². The zero-order chi connectivity index (χ0) is 15.4. The van der Waals surface area contributed by atoms with Crippen molar-refractivity contribution in [3.63, 3.8) is 0 Å². The molecular weight excluding hydrogens is 276 g/mol. The van der Waals surface area contributed by atoms with Gasteiger partial charge in [0.05, 0.1) is 12.7 Å². The molecule has 1 saturated heterocycles. The molecule has 0 saturated carbocycles. The summed E-state index contributed by atoms with van der Waals surface area (Å²) in [5.74, 6) is 0.0899. The minimum atomic E-state index is -1.28. The van der Waals surface area contributed by atoms with E-state index in [0.29, 0.717) is 6.42 Å². The fraction of sp³-hybridized carbons (Fsp3) is 0.533. The Morgan fingerprint density at radius 1 is 1.14 bits per heavy atom. The van der Waals surface area contributed by atoms with Crippen molar-refractivity contribution in [2.75, 3.05) is 6.61 Å². The number of aryl methyl sites for hydroxylation is 1. The average Bonchev–Trinajstić information content (AvgIpc) is 2.47. The van der Waals surface area contributed by atoms with Crippen molar-refractivity contribution in [3.05, 3.63) is 29.8 Å². The van der Waals surface area contributed by atoms with Gasteiger partial charge in [-0.05, 0) is 24.1 Å². The van der Waals surface area contributed by atoms with Gasteiger partial charge in [0.15, 0.2) is 0 Å². The van der Waals surface area contributed by atoms with Gasteiger partial charge in [-0.3, -0.25) is 4.79 Å². The van der Waals surface area contributed by atoms with Gasteiger partial charge in [0.2, 0.25) is 0 Å². The second kappa shape index (κ2) is 7.00. The Kier molecular flexibility index (Phi) is 5.30. The second-order valence-corrected chi connectivity index (χ2v) is 5.33. The molecule has 116 valence electrons. The Bertz CT molecular complexity index is 472. The summed E-state index contributed by atoms with van der Waals surface area (Å²) in [7, 11) is 0. The fourth-order valence-corrected chi connectivity index (χ4v) is 2.32. The van der Waals surface area contributed by atoms with Crippen LogP contribution in [0.5, 0.6) is 5.75 Å². The lowest BCUT2D eigenvalue weighted by Crippen LogP contribution is -2.53. The highest BCUT2D eigenvalue weighted by Crippen LogP contribution is 2.19. The van der Waals surface area contributed by atoms with Gasteiger partial charge in [-0.1, -0.05) is 12.1 Å². The number of carbonyl (C=O) groups is 1. The molecule has 6 heteroatoms. The van der Waals surface area contributed by atoms with Crippen LogP contribution in [0.25, 0.3) is 0 Å². The first-order valence-electron chi connectivity index (χ1n) is 6.93. The molecule has 4 atom stereocenters. The van der Waals surface area contributed by atoms with Gasteiger partial charge in [-0.25, -0.2) is 0 Å². The number of hydrogen-bond donors (Lipinski definition) is 4. The minimum Gasteiger partial charge on any atom is -0.508 e. The van der Waals surface area contributed by atoms with Crippen molar-refractivity contribution >= 4 is 5.78 Å². The minimum absolute atomic E-state index is 0.00301. The summed E-state index contributed by atoms with van der Waals surface area (Å²) >= 11 is 0. The predicted molar refractivity (Wildman–Crippen MR) is 73.8 cm³/mol. The third kappa shape index (κ3) is 4.25. The molecule has 1 fully saturated rings. The maximum absolute atomic E-state index is 11.9. The zero-order valence-corrected chi connectivity index (χ0v) is 11.6. The fourth-order valence-electron chi connectivity index (χ4n) is 2.32. The van der Waals surface area contributed by atoms with Crippen molar-refractivity contribution in [2.24, 2.45) is 0 Å². The Morgan fingerprint density at radius 3 is 2.48 bits per heavy atom. The number of carbonyl (C=O) groups excluding carboxylic acids is 1. The summed E-state index contributed by atoms with van der Waals surface area (Å²) in [6.45, 7) is -0.0892. The number of ketones is 1. The van der Waals surface area contributed by atoms with Crippen LogP contribution in [0.2, 0.25) is 0 Å². The lowest BCUT2D eigenvalue weighted by Gasteiger charge is -2.34. The van der Waals surface area contributed by atoms with E-state index in [0.717, 1.165) is 5.56 Å². The molecule has 2 rings (SSSR count). The largest absolute Gasteiger partial charge is 0.508 e. The van der Waals surface area contributed by atoms with Gasteiger partial charge in [-0.15, -0.1) is 0 Å². The molecule has 0 aromatic heterocycles. The van der Waals surface area contributed by atoms with Crippen LogP contribution in [0.4, 0.5) is 0 Å². The summed E-state index contributed by atoms with van der Waals surface area (Å²) in [6.07, 6.45) is -3.62. The molecule has 6 nitrogen and oxygen atoms in total. The zero-order valence-electron chi connectivity index (χ0n) is 11.6. The van der Waals surface area contributed by atoms with Crippen molar-refractivity contribution in [1.82, 2.24) is 0 Å². The molecule has 0 bridgehead atoms. The van der Waals surface area contributed by atoms with Crippen LogP contribution < -0.4 is 0 Å². The van der Waals surface area contributed by atoms with Crippen LogP contribution in [0.15, 0.2) is 24.3 Å². The van der Waals surface area contributed by atoms with Gasteiger partial charge in [0.1, 0.15) is 29.8 Å². The van der Waals surface area contributed by atoms with E-state index in [-0.39, 0.29) is 31.0 Å². The van der Waals surface area contributed by atoms with Crippen LogP contribution >= 0.6 is 0 Å². The van der Waals surface area contributed by atoms with E-state index in [4.69, 9.17) is 4.74 Å². The number of phenols is 1. The molecule has 0 spiro atoms. The van der Waals surface area contributed by atoms with Crippen molar-refractivity contribution in [1.29, 1.82) is 0 Å². The topological polar surface area (TPSA) is 107 Å². The molecule has 1 heterocycles. The highest BCUT2D eigenvalue weighted by molar-refractivity contribution is 5.79. The van der Waals surface area contributed by atoms with Crippen LogP contribution in [-0.4, -0.2) is 57.2 Å². The molecule has 1 unspecified atom stereocenters. The number of Topliss-reactive ketones (excluding diaryl/α,β-unsaturated/α-hetero) is 1. The van der Waals surface area contributed by atoms with E-state index in [2.05, 4.69) is 0 Å². The number of aliphatic hydroxyl groups excluding tert-OH is 3. The molecule has 1 aliphatic heterocycles. The molecule has 1 aromatic rings. The van der Waals surface area contributed by atoms with Crippen molar-refractivity contribution in [3.8, 4) is 5.75 Å². The molecular formula is C15H20O6. The van der Waals surface area contributed by atoms with Gasteiger partial charge >= 0.3 is 0 Å². The van der Waals surface area contributed by atoms with Gasteiger partial charge in [-0.2, -0.15) is 0 Å². The van der Waals surface area contributed by atoms with E-state index in [1.54, 1.807) is 24.3 Å². The first kappa shape index (κ1) is 15.9. The molecule has 4 N–H and O–H groups in total. The first-order chi connectivity index (χ1) is 9.97. The third-order valence-corrected chi connectivity index (χ3v) is 3.66. The predicted octanol–water partition coefficient (Wildman–Crippen LogP) is -0.234. The van der Waals surface area contributed by atoms with Crippen molar-refractivity contribution in [2.45, 2.75) is 43.7 Å². The summed E-state index contributed by atoms with van der Waals surface area (Å²) in [6, 6.07) is 6.61. The summed E-state index contributed by atoms with van der Waals surface area (Å²) in [4.78, 5) is 11.9. The van der Waals surface area contributed by atoms with E-state index in [1.807, 2.05) is 0 Å². The summed E-state index contributed by atoms with van der Waals surface area (Å²) in [5.41, 5.74) is 0.932. The molecule has 1 aliphatic rings. The molecule has 0 radical (unpaired) electrons. The lowest BCUT2D eigenvalue weighted by molar-refractivity contribution is -0.189. The quantitative estimate of drug-likeness (QED) is 0.598. The highest BCUT2D eigenvalue weighted by Gasteiger charge is 2.38. The first-order valence-corrected chi connectivity index (χ1v) is 6.93. The van der Waals surface area contributed by atoms with E-state index < -0.39 is 24.4 Å². The Morgan fingerprint density at radius 2 is 1.81 bits per heavy atom. The molecule has 1 aromatic carbocycles. The third-order valence-electron chi connectivity index (χ3n) is 3.66. The van der Waals surface area contributed by atoms with E-state index in [1.165, 1.54) is 0 Å². The number of benzene rings is 1. The molecule has 21 heavy (non-hydrogen) atoms. The number of ether oxygens (including phenoxy) is 1. The van der Waals surface area contributed by atoms with Crippen LogP contribution in [0, 0.1) is 0 Å².